The first-order chi connectivity index (χ1) is 9.09. The summed E-state index contributed by atoms with van der Waals surface area (Å²) >= 11 is 0. The number of likely N-dealkylation sites (tertiary alicyclic amines) is 1. The van der Waals surface area contributed by atoms with Gasteiger partial charge in [-0.1, -0.05) is 13.8 Å². The smallest absolute Gasteiger partial charge is 0.410 e. The minimum Gasteiger partial charge on any atom is -0.444 e. The maximum Gasteiger partial charge on any atom is 0.410 e. The monoisotopic (exact) mass is 282 g/mol. The fourth-order valence-electron chi connectivity index (χ4n) is 3.32. The number of ether oxygens (including phenoxy) is 1. The molecule has 0 aromatic carbocycles. The van der Waals surface area contributed by atoms with Crippen molar-refractivity contribution in [3.05, 3.63) is 0 Å². The Hall–Kier alpha value is -0.770. The normalized spacial score (nSPS) is 28.1. The first-order valence-corrected chi connectivity index (χ1v) is 7.78. The third-order valence-corrected chi connectivity index (χ3v) is 4.70. The maximum atomic E-state index is 12.6. The zero-order chi connectivity index (χ0) is 15.2. The predicted molar refractivity (Wildman–Crippen MR) is 80.5 cm³/mol. The molecule has 1 atom stereocenters. The molecule has 1 aliphatic heterocycles. The summed E-state index contributed by atoms with van der Waals surface area (Å²) in [5.41, 5.74) is 5.86. The zero-order valence-corrected chi connectivity index (χ0v) is 13.7. The van der Waals surface area contributed by atoms with Crippen LogP contribution in [0.3, 0.4) is 0 Å². The number of hydrogen-bond acceptors (Lipinski definition) is 3. The molecular formula is C16H30N2O2. The Balaban J connectivity index is 2.16. The molecule has 4 heteroatoms. The Labute approximate surface area is 123 Å². The van der Waals surface area contributed by atoms with Crippen LogP contribution in [-0.2, 0) is 4.74 Å². The van der Waals surface area contributed by atoms with Crippen molar-refractivity contribution in [2.24, 2.45) is 16.6 Å². The van der Waals surface area contributed by atoms with E-state index < -0.39 is 5.60 Å². The van der Waals surface area contributed by atoms with Crippen LogP contribution in [0.2, 0.25) is 0 Å². The molecule has 2 fully saturated rings. The summed E-state index contributed by atoms with van der Waals surface area (Å²) in [6, 6.07) is 0.260. The number of amides is 1. The van der Waals surface area contributed by atoms with Crippen LogP contribution < -0.4 is 5.73 Å². The average Bonchev–Trinajstić information content (AvgIpc) is 3.06. The van der Waals surface area contributed by atoms with Gasteiger partial charge >= 0.3 is 6.09 Å². The van der Waals surface area contributed by atoms with Crippen molar-refractivity contribution in [1.29, 1.82) is 0 Å². The number of carbonyl (C=O) groups excluding carboxylic acids is 1. The molecule has 2 rings (SSSR count). The summed E-state index contributed by atoms with van der Waals surface area (Å²) in [6.07, 6.45) is 4.32. The van der Waals surface area contributed by atoms with Crippen LogP contribution >= 0.6 is 0 Å². The summed E-state index contributed by atoms with van der Waals surface area (Å²) in [5, 5.41) is 0. The van der Waals surface area contributed by atoms with Crippen molar-refractivity contribution in [2.45, 2.75) is 71.9 Å². The van der Waals surface area contributed by atoms with E-state index in [1.54, 1.807) is 0 Å². The van der Waals surface area contributed by atoms with E-state index in [0.29, 0.717) is 6.54 Å². The van der Waals surface area contributed by atoms with E-state index in [-0.39, 0.29) is 23.0 Å². The zero-order valence-electron chi connectivity index (χ0n) is 13.7. The van der Waals surface area contributed by atoms with E-state index in [4.69, 9.17) is 10.5 Å². The Morgan fingerprint density at radius 2 is 1.90 bits per heavy atom. The highest BCUT2D eigenvalue weighted by Crippen LogP contribution is 2.53. The number of carbonyl (C=O) groups is 1. The lowest BCUT2D eigenvalue weighted by Gasteiger charge is -2.47. The average molecular weight is 282 g/mol. The molecule has 1 saturated heterocycles. The van der Waals surface area contributed by atoms with Gasteiger partial charge in [-0.15, -0.1) is 0 Å². The van der Waals surface area contributed by atoms with Crippen LogP contribution in [0.1, 0.15) is 60.3 Å². The quantitative estimate of drug-likeness (QED) is 0.846. The lowest BCUT2D eigenvalue weighted by Crippen LogP contribution is -2.55. The molecule has 4 nitrogen and oxygen atoms in total. The highest BCUT2D eigenvalue weighted by molar-refractivity contribution is 5.69. The first kappa shape index (κ1) is 15.6. The van der Waals surface area contributed by atoms with Crippen molar-refractivity contribution >= 4 is 6.09 Å². The van der Waals surface area contributed by atoms with E-state index in [0.717, 1.165) is 32.2 Å². The van der Waals surface area contributed by atoms with E-state index >= 15 is 0 Å². The highest BCUT2D eigenvalue weighted by Gasteiger charge is 2.54. The van der Waals surface area contributed by atoms with Gasteiger partial charge in [-0.05, 0) is 58.4 Å². The minimum atomic E-state index is -0.442. The third kappa shape index (κ3) is 3.27. The Bertz CT molecular complexity index is 380. The summed E-state index contributed by atoms with van der Waals surface area (Å²) in [4.78, 5) is 14.5. The second-order valence-electron chi connectivity index (χ2n) is 8.39. The van der Waals surface area contributed by atoms with Crippen LogP contribution in [0, 0.1) is 10.8 Å². The fourth-order valence-corrected chi connectivity index (χ4v) is 3.32. The van der Waals surface area contributed by atoms with Crippen molar-refractivity contribution in [3.63, 3.8) is 0 Å². The van der Waals surface area contributed by atoms with Crippen molar-refractivity contribution in [1.82, 2.24) is 4.90 Å². The maximum absolute atomic E-state index is 12.6. The van der Waals surface area contributed by atoms with Crippen LogP contribution in [0.4, 0.5) is 4.79 Å². The molecule has 1 saturated carbocycles. The molecule has 0 radical (unpaired) electrons. The van der Waals surface area contributed by atoms with Gasteiger partial charge in [0.05, 0.1) is 0 Å². The molecule has 0 spiro atoms. The van der Waals surface area contributed by atoms with Gasteiger partial charge in [0.1, 0.15) is 5.60 Å². The van der Waals surface area contributed by atoms with Gasteiger partial charge in [-0.3, -0.25) is 0 Å². The largest absolute Gasteiger partial charge is 0.444 e. The van der Waals surface area contributed by atoms with Gasteiger partial charge in [0, 0.05) is 18.0 Å². The van der Waals surface area contributed by atoms with Gasteiger partial charge in [0.15, 0.2) is 0 Å². The summed E-state index contributed by atoms with van der Waals surface area (Å²) in [6.45, 7) is 11.7. The topological polar surface area (TPSA) is 55.6 Å². The summed E-state index contributed by atoms with van der Waals surface area (Å²) in [5.74, 6) is 0. The molecule has 0 aromatic heterocycles. The van der Waals surface area contributed by atoms with Crippen LogP contribution in [0.5, 0.6) is 0 Å². The molecule has 1 aliphatic carbocycles. The molecule has 20 heavy (non-hydrogen) atoms. The standard InChI is InChI=1S/C16H30N2O2/c1-14(2,3)20-13(19)18-11-15(4,5)7-6-12(18)16(10-17)8-9-16/h12H,6-11,17H2,1-5H3. The highest BCUT2D eigenvalue weighted by atomic mass is 16.6. The fraction of sp³-hybridized carbons (Fsp3) is 0.938. The van der Waals surface area contributed by atoms with Crippen LogP contribution in [-0.4, -0.2) is 35.7 Å². The molecule has 1 amide bonds. The minimum absolute atomic E-state index is 0.160. The van der Waals surface area contributed by atoms with E-state index in [1.165, 1.54) is 0 Å². The van der Waals surface area contributed by atoms with E-state index in [9.17, 15) is 4.79 Å². The lowest BCUT2D eigenvalue weighted by molar-refractivity contribution is -0.0208. The van der Waals surface area contributed by atoms with Crippen molar-refractivity contribution in [2.75, 3.05) is 13.1 Å². The second kappa shape index (κ2) is 4.90. The van der Waals surface area contributed by atoms with E-state index in [2.05, 4.69) is 13.8 Å². The molecular weight excluding hydrogens is 252 g/mol. The Morgan fingerprint density at radius 1 is 1.30 bits per heavy atom. The number of hydrogen-bond donors (Lipinski definition) is 1. The van der Waals surface area contributed by atoms with Crippen LogP contribution in [0.25, 0.3) is 0 Å². The van der Waals surface area contributed by atoms with E-state index in [1.807, 2.05) is 25.7 Å². The number of nitrogens with two attached hydrogens (primary N) is 1. The molecule has 2 N–H and O–H groups in total. The SMILES string of the molecule is CC1(C)CCC(C2(CN)CC2)N(C(=O)OC(C)(C)C)C1. The molecule has 1 unspecified atom stereocenters. The molecule has 0 aromatic rings. The summed E-state index contributed by atoms with van der Waals surface area (Å²) in [7, 11) is 0. The third-order valence-electron chi connectivity index (χ3n) is 4.70. The lowest BCUT2D eigenvalue weighted by atomic mass is 9.77. The van der Waals surface area contributed by atoms with Gasteiger partial charge < -0.3 is 15.4 Å². The predicted octanol–water partition coefficient (Wildman–Crippen LogP) is 3.15. The molecule has 1 heterocycles. The second-order valence-corrected chi connectivity index (χ2v) is 8.39. The number of piperidine rings is 1. The van der Waals surface area contributed by atoms with Gasteiger partial charge in [-0.2, -0.15) is 0 Å². The molecule has 0 bridgehead atoms. The Morgan fingerprint density at radius 3 is 2.35 bits per heavy atom. The Kier molecular flexibility index (Phi) is 3.83. The van der Waals surface area contributed by atoms with Gasteiger partial charge in [-0.25, -0.2) is 4.79 Å². The number of nitrogens with zero attached hydrogens (tertiary/aromatic N) is 1. The van der Waals surface area contributed by atoms with Crippen molar-refractivity contribution in [3.8, 4) is 0 Å². The van der Waals surface area contributed by atoms with Crippen molar-refractivity contribution < 1.29 is 9.53 Å². The van der Waals surface area contributed by atoms with Crippen LogP contribution in [0.15, 0.2) is 0 Å². The number of rotatable bonds is 2. The summed E-state index contributed by atoms with van der Waals surface area (Å²) < 4.78 is 5.61. The van der Waals surface area contributed by atoms with Gasteiger partial charge in [0.2, 0.25) is 0 Å². The van der Waals surface area contributed by atoms with Gasteiger partial charge in [0.25, 0.3) is 0 Å². The molecule has 2 aliphatic rings. The first-order valence-electron chi connectivity index (χ1n) is 7.78. The molecule has 116 valence electrons.